The van der Waals surface area contributed by atoms with Gasteiger partial charge >= 0.3 is 0 Å². The molecule has 0 radical (unpaired) electrons. The summed E-state index contributed by atoms with van der Waals surface area (Å²) in [5.74, 6) is 1.69. The molecular weight excluding hydrogens is 199 g/mol. The molecule has 0 aliphatic rings. The molecule has 0 amide bonds. The van der Waals surface area contributed by atoms with Gasteiger partial charge in [0, 0.05) is 6.08 Å². The van der Waals surface area contributed by atoms with Crippen LogP contribution in [0.15, 0.2) is 15.8 Å². The van der Waals surface area contributed by atoms with Gasteiger partial charge in [-0.05, 0) is 5.20 Å². The standard InChI is InChI=1S/C7H10Cl2OSi/c1-11(2,3)6(4-5-10)7(8)9/h4H,1-3H3. The molecule has 0 saturated heterocycles. The van der Waals surface area contributed by atoms with Crippen LogP contribution in [0, 0.1) is 0 Å². The molecular formula is C7H10Cl2OSi. The van der Waals surface area contributed by atoms with Crippen molar-refractivity contribution < 1.29 is 4.79 Å². The maximum atomic E-state index is 10.1. The van der Waals surface area contributed by atoms with Crippen LogP contribution in [0.25, 0.3) is 0 Å². The molecule has 0 bridgehead atoms. The van der Waals surface area contributed by atoms with E-state index in [9.17, 15) is 4.79 Å². The third kappa shape index (κ3) is 3.78. The Hall–Kier alpha value is -0.0131. The summed E-state index contributed by atoms with van der Waals surface area (Å²) < 4.78 is 0.188. The highest BCUT2D eigenvalue weighted by Crippen LogP contribution is 2.24. The smallest absolute Gasteiger partial charge is 0.124 e. The Morgan fingerprint density at radius 1 is 1.36 bits per heavy atom. The summed E-state index contributed by atoms with van der Waals surface area (Å²) in [5.41, 5.74) is 0. The van der Waals surface area contributed by atoms with Crippen molar-refractivity contribution in [2.24, 2.45) is 0 Å². The molecule has 0 saturated carbocycles. The van der Waals surface area contributed by atoms with Gasteiger partial charge in [-0.1, -0.05) is 42.8 Å². The number of halogens is 2. The maximum Gasteiger partial charge on any atom is 0.124 e. The Kier molecular flexibility index (Phi) is 4.12. The lowest BCUT2D eigenvalue weighted by molar-refractivity contribution is 0.569. The second-order valence-electron chi connectivity index (χ2n) is 3.19. The highest BCUT2D eigenvalue weighted by molar-refractivity contribution is 6.86. The van der Waals surface area contributed by atoms with Crippen LogP contribution in [0.2, 0.25) is 19.6 Å². The molecule has 11 heavy (non-hydrogen) atoms. The van der Waals surface area contributed by atoms with Gasteiger partial charge in [-0.15, -0.1) is 0 Å². The normalized spacial score (nSPS) is 10.3. The van der Waals surface area contributed by atoms with Crippen LogP contribution in [-0.4, -0.2) is 14.0 Å². The summed E-state index contributed by atoms with van der Waals surface area (Å²) in [7, 11) is -1.57. The third-order valence-electron chi connectivity index (χ3n) is 1.21. The zero-order valence-corrected chi connectivity index (χ0v) is 9.25. The number of carbonyl (C=O) groups excluding carboxylic acids is 1. The van der Waals surface area contributed by atoms with Crippen molar-refractivity contribution in [3.8, 4) is 0 Å². The fourth-order valence-corrected chi connectivity index (χ4v) is 3.48. The zero-order chi connectivity index (χ0) is 9.07. The first kappa shape index (κ1) is 11.0. The van der Waals surface area contributed by atoms with Crippen molar-refractivity contribution in [3.63, 3.8) is 0 Å². The van der Waals surface area contributed by atoms with Gasteiger partial charge in [0.1, 0.15) is 10.4 Å². The Morgan fingerprint density at radius 3 is 1.91 bits per heavy atom. The van der Waals surface area contributed by atoms with Crippen molar-refractivity contribution in [3.05, 3.63) is 15.8 Å². The molecule has 4 heteroatoms. The minimum atomic E-state index is -1.57. The SMILES string of the molecule is C[Si](C)(C)C(C=C=O)=C(Cl)Cl. The number of hydrogen-bond acceptors (Lipinski definition) is 1. The van der Waals surface area contributed by atoms with Gasteiger partial charge in [0.05, 0.1) is 8.07 Å². The Bertz CT molecular complexity index is 217. The van der Waals surface area contributed by atoms with Crippen LogP contribution in [0.1, 0.15) is 0 Å². The van der Waals surface area contributed by atoms with Crippen molar-refractivity contribution in [2.75, 3.05) is 0 Å². The first-order valence-corrected chi connectivity index (χ1v) is 7.42. The predicted octanol–water partition coefficient (Wildman–Crippen LogP) is 2.94. The fraction of sp³-hybridized carbons (Fsp3) is 0.429. The molecule has 1 nitrogen and oxygen atoms in total. The van der Waals surface area contributed by atoms with E-state index in [0.29, 0.717) is 0 Å². The highest BCUT2D eigenvalue weighted by atomic mass is 35.5. The molecule has 0 aromatic carbocycles. The summed E-state index contributed by atoms with van der Waals surface area (Å²) >= 11 is 11.2. The lowest BCUT2D eigenvalue weighted by Gasteiger charge is -2.16. The van der Waals surface area contributed by atoms with E-state index in [-0.39, 0.29) is 4.49 Å². The van der Waals surface area contributed by atoms with E-state index in [1.165, 1.54) is 6.08 Å². The van der Waals surface area contributed by atoms with E-state index < -0.39 is 8.07 Å². The van der Waals surface area contributed by atoms with E-state index in [2.05, 4.69) is 19.6 Å². The van der Waals surface area contributed by atoms with Crippen LogP contribution in [0.3, 0.4) is 0 Å². The number of hydrogen-bond donors (Lipinski definition) is 0. The molecule has 0 unspecified atom stereocenters. The summed E-state index contributed by atoms with van der Waals surface area (Å²) in [6.07, 6.45) is 1.32. The van der Waals surface area contributed by atoms with Crippen LogP contribution in [-0.2, 0) is 4.79 Å². The molecule has 0 heterocycles. The molecule has 0 fully saturated rings. The molecule has 0 spiro atoms. The topological polar surface area (TPSA) is 17.1 Å². The zero-order valence-electron chi connectivity index (χ0n) is 6.74. The summed E-state index contributed by atoms with van der Waals surface area (Å²) in [5, 5.41) is 0.746. The molecule has 0 rings (SSSR count). The second-order valence-corrected chi connectivity index (χ2v) is 9.17. The summed E-state index contributed by atoms with van der Waals surface area (Å²) in [6.45, 7) is 6.17. The van der Waals surface area contributed by atoms with E-state index in [0.717, 1.165) is 5.20 Å². The first-order valence-electron chi connectivity index (χ1n) is 3.16. The Labute approximate surface area is 77.7 Å². The summed E-state index contributed by atoms with van der Waals surface area (Å²) in [6, 6.07) is 0. The molecule has 0 aromatic heterocycles. The molecule has 0 aliphatic heterocycles. The molecule has 0 N–H and O–H groups in total. The molecule has 62 valence electrons. The monoisotopic (exact) mass is 208 g/mol. The average molecular weight is 209 g/mol. The third-order valence-corrected chi connectivity index (χ3v) is 3.95. The molecule has 0 aromatic rings. The Balaban J connectivity index is 4.94. The first-order chi connectivity index (χ1) is 4.89. The fourth-order valence-electron chi connectivity index (χ4n) is 0.613. The lowest BCUT2D eigenvalue weighted by Crippen LogP contribution is -2.23. The van der Waals surface area contributed by atoms with Crippen molar-refractivity contribution in [2.45, 2.75) is 19.6 Å². The second kappa shape index (κ2) is 4.12. The highest BCUT2D eigenvalue weighted by Gasteiger charge is 2.20. The van der Waals surface area contributed by atoms with Gasteiger partial charge in [-0.25, -0.2) is 4.79 Å². The minimum Gasteiger partial charge on any atom is -0.234 e. The van der Waals surface area contributed by atoms with Gasteiger partial charge < -0.3 is 0 Å². The van der Waals surface area contributed by atoms with Crippen molar-refractivity contribution in [1.29, 1.82) is 0 Å². The van der Waals surface area contributed by atoms with Gasteiger partial charge in [-0.2, -0.15) is 0 Å². The summed E-state index contributed by atoms with van der Waals surface area (Å²) in [4.78, 5) is 10.1. The van der Waals surface area contributed by atoms with E-state index in [1.54, 1.807) is 5.94 Å². The maximum absolute atomic E-state index is 10.1. The van der Waals surface area contributed by atoms with E-state index in [1.807, 2.05) is 0 Å². The van der Waals surface area contributed by atoms with E-state index in [4.69, 9.17) is 23.2 Å². The number of rotatable bonds is 2. The van der Waals surface area contributed by atoms with Crippen LogP contribution in [0.5, 0.6) is 0 Å². The average Bonchev–Trinajstić information content (AvgIpc) is 1.79. The predicted molar refractivity (Wildman–Crippen MR) is 52.3 cm³/mol. The molecule has 0 aliphatic carbocycles. The van der Waals surface area contributed by atoms with Crippen LogP contribution in [0.4, 0.5) is 0 Å². The van der Waals surface area contributed by atoms with Crippen molar-refractivity contribution in [1.82, 2.24) is 0 Å². The minimum absolute atomic E-state index is 0.188. The van der Waals surface area contributed by atoms with Gasteiger partial charge in [0.15, 0.2) is 0 Å². The van der Waals surface area contributed by atoms with Crippen LogP contribution >= 0.6 is 23.2 Å². The lowest BCUT2D eigenvalue weighted by atomic mass is 10.6. The van der Waals surface area contributed by atoms with Gasteiger partial charge in [0.25, 0.3) is 0 Å². The van der Waals surface area contributed by atoms with Gasteiger partial charge in [-0.3, -0.25) is 0 Å². The van der Waals surface area contributed by atoms with Crippen LogP contribution < -0.4 is 0 Å². The quantitative estimate of drug-likeness (QED) is 0.388. The Morgan fingerprint density at radius 2 is 1.82 bits per heavy atom. The number of allylic oxidation sites excluding steroid dienone is 2. The van der Waals surface area contributed by atoms with Gasteiger partial charge in [0.2, 0.25) is 0 Å². The largest absolute Gasteiger partial charge is 0.234 e. The van der Waals surface area contributed by atoms with E-state index >= 15 is 0 Å². The molecule has 0 atom stereocenters. The van der Waals surface area contributed by atoms with Crippen molar-refractivity contribution >= 4 is 37.2 Å².